The van der Waals surface area contributed by atoms with Gasteiger partial charge in [0.15, 0.2) is 6.61 Å². The van der Waals surface area contributed by atoms with E-state index in [0.29, 0.717) is 24.0 Å². The summed E-state index contributed by atoms with van der Waals surface area (Å²) in [7, 11) is 0. The van der Waals surface area contributed by atoms with Gasteiger partial charge < -0.3 is 15.0 Å². The van der Waals surface area contributed by atoms with Gasteiger partial charge in [-0.3, -0.25) is 0 Å². The van der Waals surface area contributed by atoms with E-state index in [1.165, 1.54) is 0 Å². The molecule has 0 aliphatic rings. The maximum absolute atomic E-state index is 5.84. The summed E-state index contributed by atoms with van der Waals surface area (Å²) >= 11 is 3.41. The van der Waals surface area contributed by atoms with Crippen LogP contribution < -0.4 is 5.73 Å². The first-order valence-electron chi connectivity index (χ1n) is 7.27. The third-order valence-corrected chi connectivity index (χ3v) is 3.63. The molecule has 0 aliphatic carbocycles. The molecule has 7 heteroatoms. The summed E-state index contributed by atoms with van der Waals surface area (Å²) in [6.07, 6.45) is 0.522. The molecule has 6 nitrogen and oxygen atoms in total. The van der Waals surface area contributed by atoms with E-state index in [-0.39, 0.29) is 6.61 Å². The highest BCUT2D eigenvalue weighted by atomic mass is 79.9. The average Bonchev–Trinajstić information content (AvgIpc) is 3.05. The van der Waals surface area contributed by atoms with Crippen LogP contribution in [0.15, 0.2) is 68.6 Å². The fourth-order valence-corrected chi connectivity index (χ4v) is 2.46. The third-order valence-electron chi connectivity index (χ3n) is 3.14. The standard InChI is InChI=1S/C17H15BrN4O2/c18-14-8-4-7-13(10-14)17-21-20-16(24-17)11-23-22-15(19)9-12-5-2-1-3-6-12/h1-8,10H,9,11H2,(H2,19,22). The minimum atomic E-state index is 0.0660. The molecule has 0 saturated carbocycles. The van der Waals surface area contributed by atoms with E-state index in [1.807, 2.05) is 54.6 Å². The van der Waals surface area contributed by atoms with Crippen LogP contribution in [0.1, 0.15) is 11.5 Å². The molecule has 2 aromatic carbocycles. The van der Waals surface area contributed by atoms with Gasteiger partial charge in [-0.2, -0.15) is 0 Å². The van der Waals surface area contributed by atoms with Crippen molar-refractivity contribution >= 4 is 21.8 Å². The molecule has 2 N–H and O–H groups in total. The van der Waals surface area contributed by atoms with Crippen molar-refractivity contribution in [2.45, 2.75) is 13.0 Å². The molecule has 0 aliphatic heterocycles. The van der Waals surface area contributed by atoms with E-state index < -0.39 is 0 Å². The number of hydrogen-bond acceptors (Lipinski definition) is 5. The lowest BCUT2D eigenvalue weighted by molar-refractivity contribution is 0.110. The first-order chi connectivity index (χ1) is 11.7. The molecule has 0 unspecified atom stereocenters. The Morgan fingerprint density at radius 2 is 1.96 bits per heavy atom. The van der Waals surface area contributed by atoms with Gasteiger partial charge in [-0.1, -0.05) is 57.5 Å². The normalized spacial score (nSPS) is 11.5. The van der Waals surface area contributed by atoms with E-state index in [0.717, 1.165) is 15.6 Å². The first kappa shape index (κ1) is 16.2. The SMILES string of the molecule is NC(Cc1ccccc1)=NOCc1nnc(-c2cccc(Br)c2)o1. The maximum Gasteiger partial charge on any atom is 0.257 e. The van der Waals surface area contributed by atoms with Gasteiger partial charge in [-0.05, 0) is 23.8 Å². The second-order valence-electron chi connectivity index (χ2n) is 5.03. The minimum absolute atomic E-state index is 0.0660. The molecule has 0 saturated heterocycles. The number of halogens is 1. The highest BCUT2D eigenvalue weighted by Gasteiger charge is 2.09. The van der Waals surface area contributed by atoms with E-state index in [2.05, 4.69) is 31.3 Å². The Bertz CT molecular complexity index is 833. The topological polar surface area (TPSA) is 86.5 Å². The summed E-state index contributed by atoms with van der Waals surface area (Å²) in [5.41, 5.74) is 7.73. The third kappa shape index (κ3) is 4.42. The number of amidine groups is 1. The number of nitrogens with zero attached hydrogens (tertiary/aromatic N) is 3. The Morgan fingerprint density at radius 1 is 1.12 bits per heavy atom. The van der Waals surface area contributed by atoms with Crippen molar-refractivity contribution in [3.63, 3.8) is 0 Å². The van der Waals surface area contributed by atoms with Gasteiger partial charge in [0.2, 0.25) is 5.89 Å². The zero-order valence-electron chi connectivity index (χ0n) is 12.7. The fourth-order valence-electron chi connectivity index (χ4n) is 2.06. The Hall–Kier alpha value is -2.67. The fraction of sp³-hybridized carbons (Fsp3) is 0.118. The molecule has 0 fully saturated rings. The summed E-state index contributed by atoms with van der Waals surface area (Å²) < 4.78 is 6.49. The van der Waals surface area contributed by atoms with Crippen molar-refractivity contribution in [1.29, 1.82) is 0 Å². The smallest absolute Gasteiger partial charge is 0.257 e. The summed E-state index contributed by atoms with van der Waals surface area (Å²) in [5, 5.41) is 11.8. The van der Waals surface area contributed by atoms with E-state index in [9.17, 15) is 0 Å². The zero-order valence-corrected chi connectivity index (χ0v) is 14.3. The molecule has 24 heavy (non-hydrogen) atoms. The van der Waals surface area contributed by atoms with Crippen LogP contribution in [0, 0.1) is 0 Å². The lowest BCUT2D eigenvalue weighted by Crippen LogP contribution is -2.15. The van der Waals surface area contributed by atoms with Crippen molar-refractivity contribution in [2.75, 3.05) is 0 Å². The summed E-state index contributed by atoms with van der Waals surface area (Å²) in [6.45, 7) is 0.0660. The van der Waals surface area contributed by atoms with Crippen LogP contribution in [0.5, 0.6) is 0 Å². The molecule has 0 bridgehead atoms. The predicted molar refractivity (Wildman–Crippen MR) is 94.0 cm³/mol. The number of aromatic nitrogens is 2. The molecular weight excluding hydrogens is 372 g/mol. The van der Waals surface area contributed by atoms with Gasteiger partial charge in [0.1, 0.15) is 5.84 Å². The van der Waals surface area contributed by atoms with Gasteiger partial charge in [0.25, 0.3) is 5.89 Å². The van der Waals surface area contributed by atoms with Crippen molar-refractivity contribution in [1.82, 2.24) is 10.2 Å². The van der Waals surface area contributed by atoms with E-state index in [1.54, 1.807) is 0 Å². The molecule has 1 heterocycles. The lowest BCUT2D eigenvalue weighted by Gasteiger charge is -2.00. The van der Waals surface area contributed by atoms with Crippen molar-refractivity contribution in [3.8, 4) is 11.5 Å². The van der Waals surface area contributed by atoms with Crippen LogP contribution in [0.3, 0.4) is 0 Å². The molecule has 122 valence electrons. The summed E-state index contributed by atoms with van der Waals surface area (Å²) in [5.74, 6) is 1.14. The number of nitrogens with two attached hydrogens (primary N) is 1. The first-order valence-corrected chi connectivity index (χ1v) is 8.06. The maximum atomic E-state index is 5.84. The predicted octanol–water partition coefficient (Wildman–Crippen LogP) is 3.53. The van der Waals surface area contributed by atoms with Crippen molar-refractivity contribution in [3.05, 3.63) is 70.5 Å². The summed E-state index contributed by atoms with van der Waals surface area (Å²) in [4.78, 5) is 5.18. The van der Waals surface area contributed by atoms with Crippen LogP contribution in [0.4, 0.5) is 0 Å². The van der Waals surface area contributed by atoms with Gasteiger partial charge in [-0.15, -0.1) is 10.2 Å². The van der Waals surface area contributed by atoms with E-state index >= 15 is 0 Å². The number of rotatable bonds is 6. The molecule has 0 spiro atoms. The van der Waals surface area contributed by atoms with Gasteiger partial charge >= 0.3 is 0 Å². The second kappa shape index (κ2) is 7.74. The Labute approximate surface area is 147 Å². The minimum Gasteiger partial charge on any atom is -0.417 e. The van der Waals surface area contributed by atoms with E-state index in [4.69, 9.17) is 15.0 Å². The molecule has 0 atom stereocenters. The van der Waals surface area contributed by atoms with Crippen molar-refractivity contribution < 1.29 is 9.25 Å². The van der Waals surface area contributed by atoms with Crippen LogP contribution >= 0.6 is 15.9 Å². The molecule has 0 amide bonds. The zero-order chi connectivity index (χ0) is 16.8. The number of benzene rings is 2. The average molecular weight is 387 g/mol. The van der Waals surface area contributed by atoms with Crippen LogP contribution in [-0.2, 0) is 17.9 Å². The molecule has 3 rings (SSSR count). The largest absolute Gasteiger partial charge is 0.417 e. The van der Waals surface area contributed by atoms with Crippen molar-refractivity contribution in [2.24, 2.45) is 10.9 Å². The second-order valence-corrected chi connectivity index (χ2v) is 5.95. The summed E-state index contributed by atoms with van der Waals surface area (Å²) in [6, 6.07) is 17.4. The number of hydrogen-bond donors (Lipinski definition) is 1. The van der Waals surface area contributed by atoms with Gasteiger partial charge in [0, 0.05) is 16.5 Å². The van der Waals surface area contributed by atoms with Crippen LogP contribution in [-0.4, -0.2) is 16.0 Å². The lowest BCUT2D eigenvalue weighted by atomic mass is 10.1. The molecular formula is C17H15BrN4O2. The van der Waals surface area contributed by atoms with Crippen LogP contribution in [0.2, 0.25) is 0 Å². The molecule has 3 aromatic rings. The Kier molecular flexibility index (Phi) is 5.22. The monoisotopic (exact) mass is 386 g/mol. The molecule has 0 radical (unpaired) electrons. The number of oxime groups is 1. The molecule has 1 aromatic heterocycles. The Balaban J connectivity index is 1.56. The highest BCUT2D eigenvalue weighted by Crippen LogP contribution is 2.21. The van der Waals surface area contributed by atoms with Crippen LogP contribution in [0.25, 0.3) is 11.5 Å². The highest BCUT2D eigenvalue weighted by molar-refractivity contribution is 9.10. The quantitative estimate of drug-likeness (QED) is 0.397. The van der Waals surface area contributed by atoms with Gasteiger partial charge in [0.05, 0.1) is 0 Å². The van der Waals surface area contributed by atoms with Gasteiger partial charge in [-0.25, -0.2) is 0 Å². The Morgan fingerprint density at radius 3 is 2.75 bits per heavy atom.